The highest BCUT2D eigenvalue weighted by Gasteiger charge is 2.26. The summed E-state index contributed by atoms with van der Waals surface area (Å²) >= 11 is 4.17. The molecule has 0 spiro atoms. The molecular weight excluding hydrogens is 345 g/mol. The van der Waals surface area contributed by atoms with Gasteiger partial charge in [-0.05, 0) is 34.1 Å². The number of halogens is 2. The van der Waals surface area contributed by atoms with Gasteiger partial charge in [-0.25, -0.2) is 17.1 Å². The van der Waals surface area contributed by atoms with Crippen LogP contribution in [0.15, 0.2) is 33.1 Å². The predicted octanol–water partition coefficient (Wildman–Crippen LogP) is 2.26. The van der Waals surface area contributed by atoms with Crippen molar-refractivity contribution in [1.29, 1.82) is 0 Å². The zero-order valence-electron chi connectivity index (χ0n) is 9.04. The van der Waals surface area contributed by atoms with Crippen molar-refractivity contribution < 1.29 is 12.8 Å². The van der Waals surface area contributed by atoms with Gasteiger partial charge in [0.25, 0.3) is 10.0 Å². The van der Waals surface area contributed by atoms with E-state index in [0.717, 1.165) is 21.7 Å². The van der Waals surface area contributed by atoms with Crippen LogP contribution in [0.4, 0.5) is 9.52 Å². The highest BCUT2D eigenvalue weighted by atomic mass is 79.9. The number of hydrogen-bond acceptors (Lipinski definition) is 5. The van der Waals surface area contributed by atoms with Crippen molar-refractivity contribution in [1.82, 2.24) is 10.2 Å². The summed E-state index contributed by atoms with van der Waals surface area (Å²) < 4.78 is 39.0. The Hall–Kier alpha value is -1.06. The minimum atomic E-state index is -3.86. The molecule has 0 amide bonds. The summed E-state index contributed by atoms with van der Waals surface area (Å²) in [6, 6.07) is 3.47. The molecule has 2 rings (SSSR count). The van der Waals surface area contributed by atoms with Gasteiger partial charge in [0.05, 0.1) is 0 Å². The average Bonchev–Trinajstić information content (AvgIpc) is 2.84. The van der Waals surface area contributed by atoms with Gasteiger partial charge < -0.3 is 0 Å². The van der Waals surface area contributed by atoms with Crippen LogP contribution in [0.2, 0.25) is 0 Å². The maximum atomic E-state index is 13.2. The first-order valence-corrected chi connectivity index (χ1v) is 7.74. The number of rotatable bonds is 3. The maximum Gasteiger partial charge on any atom is 0.267 e. The minimum Gasteiger partial charge on any atom is -0.243 e. The molecule has 96 valence electrons. The second-order valence-electron chi connectivity index (χ2n) is 3.27. The number of sulfonamides is 1. The van der Waals surface area contributed by atoms with Gasteiger partial charge in [-0.1, -0.05) is 11.3 Å². The minimum absolute atomic E-state index is 0.153. The molecule has 0 aliphatic rings. The van der Waals surface area contributed by atoms with Gasteiger partial charge in [-0.15, -0.1) is 10.2 Å². The van der Waals surface area contributed by atoms with Crippen LogP contribution in [0.3, 0.4) is 0 Å². The van der Waals surface area contributed by atoms with Gasteiger partial charge in [0.1, 0.15) is 16.2 Å². The molecule has 0 bridgehead atoms. The van der Waals surface area contributed by atoms with Crippen LogP contribution in [0, 0.1) is 5.82 Å². The maximum absolute atomic E-state index is 13.2. The smallest absolute Gasteiger partial charge is 0.243 e. The van der Waals surface area contributed by atoms with Gasteiger partial charge >= 0.3 is 0 Å². The summed E-state index contributed by atoms with van der Waals surface area (Å²) in [5, 5.41) is 7.45. The lowest BCUT2D eigenvalue weighted by Crippen LogP contribution is -2.26. The monoisotopic (exact) mass is 351 g/mol. The van der Waals surface area contributed by atoms with Gasteiger partial charge in [0.15, 0.2) is 0 Å². The fourth-order valence-electron chi connectivity index (χ4n) is 1.23. The van der Waals surface area contributed by atoms with Gasteiger partial charge in [-0.2, -0.15) is 0 Å². The Morgan fingerprint density at radius 1 is 1.44 bits per heavy atom. The van der Waals surface area contributed by atoms with Gasteiger partial charge in [-0.3, -0.25) is 0 Å². The van der Waals surface area contributed by atoms with Crippen LogP contribution in [0.25, 0.3) is 0 Å². The molecule has 0 fully saturated rings. The van der Waals surface area contributed by atoms with Crippen molar-refractivity contribution in [3.63, 3.8) is 0 Å². The molecule has 0 aliphatic carbocycles. The summed E-state index contributed by atoms with van der Waals surface area (Å²) in [7, 11) is -2.52. The van der Waals surface area contributed by atoms with E-state index in [0.29, 0.717) is 4.47 Å². The lowest BCUT2D eigenvalue weighted by molar-refractivity contribution is 0.588. The third-order valence-electron chi connectivity index (χ3n) is 2.15. The van der Waals surface area contributed by atoms with Crippen molar-refractivity contribution in [3.05, 3.63) is 34.0 Å². The van der Waals surface area contributed by atoms with Gasteiger partial charge in [0, 0.05) is 11.5 Å². The molecule has 5 nitrogen and oxygen atoms in total. The van der Waals surface area contributed by atoms with Crippen molar-refractivity contribution >= 4 is 42.4 Å². The van der Waals surface area contributed by atoms with E-state index in [1.54, 1.807) is 0 Å². The molecule has 2 aromatic rings. The highest BCUT2D eigenvalue weighted by Crippen LogP contribution is 2.28. The summed E-state index contributed by atoms with van der Waals surface area (Å²) in [4.78, 5) is -0.153. The molecule has 0 atom stereocenters. The fourth-order valence-corrected chi connectivity index (χ4v) is 4.06. The van der Waals surface area contributed by atoms with E-state index in [9.17, 15) is 12.8 Å². The topological polar surface area (TPSA) is 63.2 Å². The Labute approximate surface area is 115 Å². The summed E-state index contributed by atoms with van der Waals surface area (Å²) in [6.07, 6.45) is 0. The molecular formula is C9H7BrFN3O2S2. The second kappa shape index (κ2) is 4.90. The van der Waals surface area contributed by atoms with Crippen LogP contribution >= 0.6 is 27.3 Å². The molecule has 0 saturated heterocycles. The Balaban J connectivity index is 2.52. The van der Waals surface area contributed by atoms with Crippen molar-refractivity contribution in [2.75, 3.05) is 11.4 Å². The molecule has 1 aromatic carbocycles. The van der Waals surface area contributed by atoms with E-state index in [-0.39, 0.29) is 10.0 Å². The SMILES string of the molecule is CN(c1nncs1)S(=O)(=O)c1cc(F)ccc1Br. The first-order chi connectivity index (χ1) is 8.43. The quantitative estimate of drug-likeness (QED) is 0.850. The first-order valence-electron chi connectivity index (χ1n) is 4.63. The van der Waals surface area contributed by atoms with Crippen LogP contribution in [0.1, 0.15) is 0 Å². The second-order valence-corrected chi connectivity index (χ2v) is 6.87. The van der Waals surface area contributed by atoms with Crippen LogP contribution in [-0.2, 0) is 10.0 Å². The average molecular weight is 352 g/mol. The van der Waals surface area contributed by atoms with E-state index in [1.807, 2.05) is 0 Å². The first kappa shape index (κ1) is 13.4. The van der Waals surface area contributed by atoms with E-state index in [2.05, 4.69) is 26.1 Å². The standard InChI is InChI=1S/C9H7BrFN3O2S2/c1-14(9-13-12-5-17-9)18(15,16)8-4-6(11)2-3-7(8)10/h2-5H,1H3. The fraction of sp³-hybridized carbons (Fsp3) is 0.111. The number of nitrogens with zero attached hydrogens (tertiary/aromatic N) is 3. The number of benzene rings is 1. The molecule has 0 saturated carbocycles. The van der Waals surface area contributed by atoms with E-state index in [1.165, 1.54) is 24.7 Å². The molecule has 1 heterocycles. The zero-order chi connectivity index (χ0) is 13.3. The predicted molar refractivity (Wildman–Crippen MR) is 69.6 cm³/mol. The third-order valence-corrected chi connectivity index (χ3v) is 5.77. The summed E-state index contributed by atoms with van der Waals surface area (Å²) in [5.74, 6) is -0.623. The van der Waals surface area contributed by atoms with Crippen LogP contribution in [0.5, 0.6) is 0 Å². The Bertz CT molecular complexity index is 660. The summed E-state index contributed by atoms with van der Waals surface area (Å²) in [5.41, 5.74) is 1.42. The summed E-state index contributed by atoms with van der Waals surface area (Å²) in [6.45, 7) is 0. The Kier molecular flexibility index (Phi) is 3.64. The van der Waals surface area contributed by atoms with E-state index in [4.69, 9.17) is 0 Å². The molecule has 0 aliphatic heterocycles. The molecule has 9 heteroatoms. The molecule has 0 radical (unpaired) electrons. The molecule has 1 aromatic heterocycles. The Morgan fingerprint density at radius 3 is 2.78 bits per heavy atom. The van der Waals surface area contributed by atoms with Crippen molar-refractivity contribution in [2.45, 2.75) is 4.90 Å². The number of anilines is 1. The lowest BCUT2D eigenvalue weighted by atomic mass is 10.3. The molecule has 0 unspecified atom stereocenters. The Morgan fingerprint density at radius 2 is 2.17 bits per heavy atom. The molecule has 18 heavy (non-hydrogen) atoms. The van der Waals surface area contributed by atoms with Crippen molar-refractivity contribution in [3.8, 4) is 0 Å². The third kappa shape index (κ3) is 2.38. The van der Waals surface area contributed by atoms with Crippen molar-refractivity contribution in [2.24, 2.45) is 0 Å². The zero-order valence-corrected chi connectivity index (χ0v) is 12.3. The highest BCUT2D eigenvalue weighted by molar-refractivity contribution is 9.10. The largest absolute Gasteiger partial charge is 0.267 e. The normalized spacial score (nSPS) is 11.5. The van der Waals surface area contributed by atoms with E-state index < -0.39 is 15.8 Å². The molecule has 0 N–H and O–H groups in total. The number of hydrogen-bond donors (Lipinski definition) is 0. The number of aromatic nitrogens is 2. The lowest BCUT2D eigenvalue weighted by Gasteiger charge is -2.16. The van der Waals surface area contributed by atoms with Crippen LogP contribution < -0.4 is 4.31 Å². The van der Waals surface area contributed by atoms with E-state index >= 15 is 0 Å². The van der Waals surface area contributed by atoms with Gasteiger partial charge in [0.2, 0.25) is 5.13 Å². The van der Waals surface area contributed by atoms with Crippen LogP contribution in [-0.4, -0.2) is 25.7 Å².